The minimum atomic E-state index is 0.300. The molecule has 4 rings (SSSR count). The lowest BCUT2D eigenvalue weighted by molar-refractivity contribution is 0.439. The fourth-order valence-corrected chi connectivity index (χ4v) is 4.08. The molecule has 0 aromatic heterocycles. The van der Waals surface area contributed by atoms with E-state index < -0.39 is 0 Å². The van der Waals surface area contributed by atoms with Gasteiger partial charge >= 0.3 is 0 Å². The highest BCUT2D eigenvalue weighted by atomic mass is 16.5. The molecular formula is C26H27NO2. The summed E-state index contributed by atoms with van der Waals surface area (Å²) < 4.78 is 6.07. The molecule has 1 N–H and O–H groups in total. The number of rotatable bonds is 5. The van der Waals surface area contributed by atoms with Gasteiger partial charge in [-0.05, 0) is 97.6 Å². The van der Waals surface area contributed by atoms with E-state index in [4.69, 9.17) is 4.74 Å². The number of aryl methyl sites for hydroxylation is 1. The van der Waals surface area contributed by atoms with E-state index in [1.54, 1.807) is 6.07 Å². The predicted molar refractivity (Wildman–Crippen MR) is 119 cm³/mol. The number of fused-ring (bicyclic) bond motifs is 1. The van der Waals surface area contributed by atoms with Gasteiger partial charge in [0.2, 0.25) is 0 Å². The molecule has 0 atom stereocenters. The van der Waals surface area contributed by atoms with Crippen molar-refractivity contribution < 1.29 is 9.84 Å². The smallest absolute Gasteiger partial charge is 0.127 e. The Kier molecular flexibility index (Phi) is 5.68. The van der Waals surface area contributed by atoms with Gasteiger partial charge in [0, 0.05) is 6.54 Å². The van der Waals surface area contributed by atoms with Crippen LogP contribution in [0.4, 0.5) is 0 Å². The number of nitrogens with zero attached hydrogens (tertiary/aromatic N) is 1. The number of phenols is 1. The fourth-order valence-electron chi connectivity index (χ4n) is 4.08. The minimum Gasteiger partial charge on any atom is -0.508 e. The Hall–Kier alpha value is -3.04. The van der Waals surface area contributed by atoms with E-state index in [1.165, 1.54) is 22.3 Å². The van der Waals surface area contributed by atoms with Crippen molar-refractivity contribution in [3.8, 4) is 17.2 Å². The van der Waals surface area contributed by atoms with Crippen LogP contribution in [0.15, 0.2) is 78.4 Å². The summed E-state index contributed by atoms with van der Waals surface area (Å²) in [6, 6.07) is 23.9. The maximum Gasteiger partial charge on any atom is 0.127 e. The first-order valence-electron chi connectivity index (χ1n) is 10.1. The number of para-hydroxylation sites is 1. The summed E-state index contributed by atoms with van der Waals surface area (Å²) in [6.45, 7) is 0.909. The molecule has 0 bridgehead atoms. The summed E-state index contributed by atoms with van der Waals surface area (Å²) in [4.78, 5) is 2.22. The van der Waals surface area contributed by atoms with Crippen LogP contribution in [0, 0.1) is 0 Å². The summed E-state index contributed by atoms with van der Waals surface area (Å²) in [6.07, 6.45) is 3.17. The third-order valence-corrected chi connectivity index (χ3v) is 5.25. The van der Waals surface area contributed by atoms with Crippen molar-refractivity contribution in [3.63, 3.8) is 0 Å². The fraction of sp³-hybridized carbons (Fsp3) is 0.231. The van der Waals surface area contributed by atoms with E-state index in [9.17, 15) is 5.11 Å². The highest BCUT2D eigenvalue weighted by Crippen LogP contribution is 2.38. The van der Waals surface area contributed by atoms with Gasteiger partial charge in [-0.25, -0.2) is 0 Å². The molecule has 0 fully saturated rings. The van der Waals surface area contributed by atoms with E-state index >= 15 is 0 Å². The van der Waals surface area contributed by atoms with Crippen molar-refractivity contribution >= 4 is 5.57 Å². The Morgan fingerprint density at radius 2 is 1.69 bits per heavy atom. The molecule has 0 unspecified atom stereocenters. The zero-order valence-electron chi connectivity index (χ0n) is 17.1. The van der Waals surface area contributed by atoms with Crippen LogP contribution in [0.25, 0.3) is 5.57 Å². The zero-order valence-corrected chi connectivity index (χ0v) is 17.1. The number of phenolic OH excluding ortho intramolecular Hbond substituents is 1. The van der Waals surface area contributed by atoms with Crippen LogP contribution in [0.2, 0.25) is 0 Å². The molecule has 3 aromatic rings. The third kappa shape index (κ3) is 4.52. The molecule has 0 saturated carbocycles. The van der Waals surface area contributed by atoms with E-state index in [2.05, 4.69) is 37.2 Å². The Morgan fingerprint density at radius 3 is 2.45 bits per heavy atom. The molecule has 3 nitrogen and oxygen atoms in total. The lowest BCUT2D eigenvalue weighted by Crippen LogP contribution is -2.16. The molecule has 0 aliphatic heterocycles. The maximum absolute atomic E-state index is 10.1. The van der Waals surface area contributed by atoms with Crippen molar-refractivity contribution in [1.82, 2.24) is 4.90 Å². The molecule has 1 aliphatic carbocycles. The van der Waals surface area contributed by atoms with Crippen LogP contribution in [-0.4, -0.2) is 30.6 Å². The Labute approximate surface area is 172 Å². The van der Waals surface area contributed by atoms with Crippen LogP contribution >= 0.6 is 0 Å². The van der Waals surface area contributed by atoms with E-state index in [0.29, 0.717) is 5.75 Å². The largest absolute Gasteiger partial charge is 0.508 e. The predicted octanol–water partition coefficient (Wildman–Crippen LogP) is 5.88. The summed E-state index contributed by atoms with van der Waals surface area (Å²) in [5.41, 5.74) is 6.27. The Balaban J connectivity index is 1.79. The standard InChI is InChI=1S/C26H27NO2/c1-27(2)18-21-10-6-8-19-17-24(29-23-12-4-3-5-13-23)14-15-25(19)26(21)20-9-7-11-22(28)16-20/h3-5,7,9,11-17,28H,6,8,10,18H2,1-2H3. The maximum atomic E-state index is 10.1. The average Bonchev–Trinajstić information content (AvgIpc) is 2.87. The lowest BCUT2D eigenvalue weighted by Gasteiger charge is -2.19. The SMILES string of the molecule is CN(C)CC1=C(c2cccc(O)c2)c2ccc(Oc3ccccc3)cc2CCC1. The topological polar surface area (TPSA) is 32.7 Å². The van der Waals surface area contributed by atoms with Crippen LogP contribution in [0.5, 0.6) is 17.2 Å². The summed E-state index contributed by atoms with van der Waals surface area (Å²) >= 11 is 0. The number of aromatic hydroxyl groups is 1. The summed E-state index contributed by atoms with van der Waals surface area (Å²) in [7, 11) is 4.21. The van der Waals surface area contributed by atoms with Gasteiger partial charge in [0.25, 0.3) is 0 Å². The molecule has 148 valence electrons. The molecule has 3 aromatic carbocycles. The average molecular weight is 386 g/mol. The number of hydrogen-bond acceptors (Lipinski definition) is 3. The molecule has 0 radical (unpaired) electrons. The van der Waals surface area contributed by atoms with Gasteiger partial charge in [0.15, 0.2) is 0 Å². The molecule has 0 saturated heterocycles. The van der Waals surface area contributed by atoms with Gasteiger partial charge in [-0.2, -0.15) is 0 Å². The zero-order chi connectivity index (χ0) is 20.2. The minimum absolute atomic E-state index is 0.300. The first-order valence-corrected chi connectivity index (χ1v) is 10.1. The first-order chi connectivity index (χ1) is 14.1. The number of likely N-dealkylation sites (N-methyl/N-ethyl adjacent to an activating group) is 1. The second kappa shape index (κ2) is 8.54. The molecular weight excluding hydrogens is 358 g/mol. The van der Waals surface area contributed by atoms with Crippen LogP contribution in [0.1, 0.15) is 29.5 Å². The van der Waals surface area contributed by atoms with Crippen molar-refractivity contribution in [1.29, 1.82) is 0 Å². The third-order valence-electron chi connectivity index (χ3n) is 5.25. The first kappa shape index (κ1) is 19.3. The van der Waals surface area contributed by atoms with Gasteiger partial charge in [-0.15, -0.1) is 0 Å². The van der Waals surface area contributed by atoms with Crippen LogP contribution in [0.3, 0.4) is 0 Å². The molecule has 29 heavy (non-hydrogen) atoms. The highest BCUT2D eigenvalue weighted by molar-refractivity contribution is 5.85. The lowest BCUT2D eigenvalue weighted by atomic mass is 9.90. The number of ether oxygens (including phenoxy) is 1. The summed E-state index contributed by atoms with van der Waals surface area (Å²) in [5.74, 6) is 2.01. The van der Waals surface area contributed by atoms with Crippen LogP contribution < -0.4 is 4.74 Å². The quantitative estimate of drug-likeness (QED) is 0.595. The van der Waals surface area contributed by atoms with Crippen molar-refractivity contribution in [3.05, 3.63) is 95.1 Å². The molecule has 0 spiro atoms. The number of benzene rings is 3. The Morgan fingerprint density at radius 1 is 0.862 bits per heavy atom. The van der Waals surface area contributed by atoms with Gasteiger partial charge in [-0.3, -0.25) is 0 Å². The van der Waals surface area contributed by atoms with E-state index in [1.807, 2.05) is 48.5 Å². The Bertz CT molecular complexity index is 1020. The van der Waals surface area contributed by atoms with Crippen molar-refractivity contribution in [2.75, 3.05) is 20.6 Å². The molecule has 0 amide bonds. The second-order valence-corrected chi connectivity index (χ2v) is 7.85. The monoisotopic (exact) mass is 385 g/mol. The van der Waals surface area contributed by atoms with Crippen molar-refractivity contribution in [2.45, 2.75) is 19.3 Å². The summed E-state index contributed by atoms with van der Waals surface area (Å²) in [5, 5.41) is 10.1. The molecule has 1 aliphatic rings. The van der Waals surface area contributed by atoms with Crippen LogP contribution in [-0.2, 0) is 6.42 Å². The van der Waals surface area contributed by atoms with Crippen molar-refractivity contribution in [2.24, 2.45) is 0 Å². The van der Waals surface area contributed by atoms with Gasteiger partial charge in [0.05, 0.1) is 0 Å². The second-order valence-electron chi connectivity index (χ2n) is 7.85. The molecule has 3 heteroatoms. The van der Waals surface area contributed by atoms with Gasteiger partial charge in [0.1, 0.15) is 17.2 Å². The number of hydrogen-bond donors (Lipinski definition) is 1. The van der Waals surface area contributed by atoms with E-state index in [-0.39, 0.29) is 0 Å². The van der Waals surface area contributed by atoms with Gasteiger partial charge < -0.3 is 14.7 Å². The van der Waals surface area contributed by atoms with Gasteiger partial charge in [-0.1, -0.05) is 36.4 Å². The molecule has 0 heterocycles. The normalized spacial score (nSPS) is 13.9. The highest BCUT2D eigenvalue weighted by Gasteiger charge is 2.20. The van der Waals surface area contributed by atoms with E-state index in [0.717, 1.165) is 42.9 Å².